The van der Waals surface area contributed by atoms with E-state index >= 15 is 0 Å². The summed E-state index contributed by atoms with van der Waals surface area (Å²) in [5, 5.41) is 12.2. The van der Waals surface area contributed by atoms with Gasteiger partial charge in [0.05, 0.1) is 41.8 Å². The normalized spacial score (nSPS) is 10.5. The molecule has 0 spiro atoms. The molecule has 0 aliphatic rings. The van der Waals surface area contributed by atoms with Crippen molar-refractivity contribution in [2.24, 2.45) is 0 Å². The number of nitrogens with one attached hydrogen (secondary N) is 1. The zero-order valence-electron chi connectivity index (χ0n) is 19.8. The van der Waals surface area contributed by atoms with Gasteiger partial charge in [0.15, 0.2) is 11.0 Å². The molecule has 0 unspecified atom stereocenters. The fourth-order valence-electron chi connectivity index (χ4n) is 3.08. The average molecular weight is 565 g/mol. The van der Waals surface area contributed by atoms with Gasteiger partial charge in [0.25, 0.3) is 0 Å². The fraction of sp³-hybridized carbons (Fsp3) is 0.208. The highest BCUT2D eigenvalue weighted by atomic mass is 35.5. The third-order valence-corrected chi connectivity index (χ3v) is 6.31. The SMILES string of the molecule is C=CCn1c(COc2ccc(Cl)cc2Cl)nnc1SCC(=O)Nc1cc(C(=O)OC)ccc1C(=O)OC. The molecule has 1 aromatic heterocycles. The number of hydrogen-bond donors (Lipinski definition) is 1. The van der Waals surface area contributed by atoms with Crippen molar-refractivity contribution in [3.63, 3.8) is 0 Å². The monoisotopic (exact) mass is 564 g/mol. The van der Waals surface area contributed by atoms with Gasteiger partial charge >= 0.3 is 11.9 Å². The lowest BCUT2D eigenvalue weighted by Gasteiger charge is -2.12. The van der Waals surface area contributed by atoms with Gasteiger partial charge in [-0.2, -0.15) is 0 Å². The van der Waals surface area contributed by atoms with E-state index in [1.54, 1.807) is 28.8 Å². The number of allylic oxidation sites excluding steroid dienone is 1. The lowest BCUT2D eigenvalue weighted by molar-refractivity contribution is -0.113. The van der Waals surface area contributed by atoms with Gasteiger partial charge in [-0.25, -0.2) is 9.59 Å². The maximum atomic E-state index is 12.7. The second-order valence-corrected chi connectivity index (χ2v) is 9.03. The highest BCUT2D eigenvalue weighted by Crippen LogP contribution is 2.28. The van der Waals surface area contributed by atoms with Crippen LogP contribution in [0.3, 0.4) is 0 Å². The minimum atomic E-state index is -0.671. The van der Waals surface area contributed by atoms with Crippen LogP contribution in [0.15, 0.2) is 54.2 Å². The zero-order chi connectivity index (χ0) is 26.9. The third-order valence-electron chi connectivity index (χ3n) is 4.81. The van der Waals surface area contributed by atoms with Crippen molar-refractivity contribution in [2.75, 3.05) is 25.3 Å². The van der Waals surface area contributed by atoms with E-state index in [9.17, 15) is 14.4 Å². The number of carbonyl (C=O) groups excluding carboxylic acids is 3. The Kier molecular flexibility index (Phi) is 9.95. The van der Waals surface area contributed by atoms with Crippen LogP contribution in [-0.2, 0) is 27.4 Å². The smallest absolute Gasteiger partial charge is 0.339 e. The summed E-state index contributed by atoms with van der Waals surface area (Å²) in [4.78, 5) is 36.7. The second kappa shape index (κ2) is 13.1. The number of methoxy groups -OCH3 is 2. The summed E-state index contributed by atoms with van der Waals surface area (Å²) >= 11 is 13.2. The molecule has 37 heavy (non-hydrogen) atoms. The summed E-state index contributed by atoms with van der Waals surface area (Å²) in [5.74, 6) is -0.876. The molecule has 1 N–H and O–H groups in total. The Labute approximate surface area is 226 Å². The van der Waals surface area contributed by atoms with Crippen LogP contribution in [0, 0.1) is 0 Å². The molecule has 0 radical (unpaired) electrons. The molecule has 0 saturated heterocycles. The number of nitrogens with zero attached hydrogens (tertiary/aromatic N) is 3. The lowest BCUT2D eigenvalue weighted by Crippen LogP contribution is -2.18. The van der Waals surface area contributed by atoms with E-state index < -0.39 is 17.8 Å². The lowest BCUT2D eigenvalue weighted by atomic mass is 10.1. The van der Waals surface area contributed by atoms with E-state index in [1.807, 2.05) is 0 Å². The van der Waals surface area contributed by atoms with Crippen LogP contribution in [0.25, 0.3) is 0 Å². The number of amides is 1. The summed E-state index contributed by atoms with van der Waals surface area (Å²) in [6, 6.07) is 9.00. The Morgan fingerprint density at radius 1 is 1.08 bits per heavy atom. The van der Waals surface area contributed by atoms with Crippen molar-refractivity contribution in [2.45, 2.75) is 18.3 Å². The predicted octanol–water partition coefficient (Wildman–Crippen LogP) is 4.65. The first kappa shape index (κ1) is 28.0. The number of halogens is 2. The molecule has 0 bridgehead atoms. The number of esters is 2. The van der Waals surface area contributed by atoms with Crippen molar-refractivity contribution in [1.82, 2.24) is 14.8 Å². The number of aromatic nitrogens is 3. The molecule has 1 amide bonds. The molecular formula is C24H22Cl2N4O6S. The molecule has 0 aliphatic heterocycles. The number of rotatable bonds is 11. The Bertz CT molecular complexity index is 1330. The quantitative estimate of drug-likeness (QED) is 0.201. The molecule has 13 heteroatoms. The van der Waals surface area contributed by atoms with Crippen molar-refractivity contribution in [1.29, 1.82) is 0 Å². The van der Waals surface area contributed by atoms with E-state index in [4.69, 9.17) is 37.4 Å². The minimum absolute atomic E-state index is 0.0672. The standard InChI is InChI=1S/C24H22Cl2N4O6S/c1-4-9-30-20(12-36-19-8-6-15(25)11-17(19)26)28-29-24(30)37-13-21(31)27-18-10-14(22(32)34-2)5-7-16(18)23(33)35-3/h4-8,10-11H,1,9,12-13H2,2-3H3,(H,27,31). The maximum Gasteiger partial charge on any atom is 0.339 e. The Balaban J connectivity index is 1.71. The summed E-state index contributed by atoms with van der Waals surface area (Å²) in [6.07, 6.45) is 1.66. The topological polar surface area (TPSA) is 122 Å². The van der Waals surface area contributed by atoms with E-state index in [1.165, 1.54) is 32.4 Å². The summed E-state index contributed by atoms with van der Waals surface area (Å²) in [5.41, 5.74) is 0.361. The van der Waals surface area contributed by atoms with Crippen LogP contribution in [0.4, 0.5) is 5.69 Å². The molecule has 194 valence electrons. The molecule has 2 aromatic carbocycles. The van der Waals surface area contributed by atoms with Crippen molar-refractivity contribution in [3.05, 3.63) is 76.0 Å². The van der Waals surface area contributed by atoms with Crippen LogP contribution in [0.1, 0.15) is 26.5 Å². The van der Waals surface area contributed by atoms with E-state index in [2.05, 4.69) is 22.1 Å². The van der Waals surface area contributed by atoms with Gasteiger partial charge in [-0.05, 0) is 36.4 Å². The molecular weight excluding hydrogens is 543 g/mol. The highest BCUT2D eigenvalue weighted by Gasteiger charge is 2.19. The predicted molar refractivity (Wildman–Crippen MR) is 139 cm³/mol. The van der Waals surface area contributed by atoms with E-state index in [0.717, 1.165) is 11.8 Å². The summed E-state index contributed by atoms with van der Waals surface area (Å²) in [7, 11) is 2.45. The van der Waals surface area contributed by atoms with Crippen molar-refractivity contribution < 1.29 is 28.6 Å². The van der Waals surface area contributed by atoms with Gasteiger partial charge in [0.1, 0.15) is 12.4 Å². The van der Waals surface area contributed by atoms with Crippen LogP contribution in [0.2, 0.25) is 10.0 Å². The minimum Gasteiger partial charge on any atom is -0.484 e. The molecule has 3 rings (SSSR count). The Morgan fingerprint density at radius 3 is 2.51 bits per heavy atom. The molecule has 10 nitrogen and oxygen atoms in total. The number of anilines is 1. The first-order valence-corrected chi connectivity index (χ1v) is 12.4. The Hall–Kier alpha value is -3.54. The number of carbonyl (C=O) groups is 3. The van der Waals surface area contributed by atoms with Gasteiger partial charge in [0, 0.05) is 11.6 Å². The second-order valence-electron chi connectivity index (χ2n) is 7.24. The molecule has 0 saturated carbocycles. The van der Waals surface area contributed by atoms with Crippen molar-refractivity contribution >= 4 is 58.5 Å². The molecule has 0 fully saturated rings. The zero-order valence-corrected chi connectivity index (χ0v) is 22.2. The van der Waals surface area contributed by atoms with Gasteiger partial charge in [-0.3, -0.25) is 9.36 Å². The Morgan fingerprint density at radius 2 is 1.84 bits per heavy atom. The van der Waals surface area contributed by atoms with Crippen LogP contribution >= 0.6 is 35.0 Å². The molecule has 3 aromatic rings. The number of thioether (sulfide) groups is 1. The number of ether oxygens (including phenoxy) is 3. The molecule has 0 aliphatic carbocycles. The van der Waals surface area contributed by atoms with Crippen LogP contribution in [-0.4, -0.2) is 52.6 Å². The van der Waals surface area contributed by atoms with Gasteiger partial charge in [-0.15, -0.1) is 16.8 Å². The molecule has 1 heterocycles. The van der Waals surface area contributed by atoms with Crippen LogP contribution in [0.5, 0.6) is 5.75 Å². The van der Waals surface area contributed by atoms with Crippen molar-refractivity contribution in [3.8, 4) is 5.75 Å². The maximum absolute atomic E-state index is 12.7. The largest absolute Gasteiger partial charge is 0.484 e. The fourth-order valence-corrected chi connectivity index (χ4v) is 4.31. The molecule has 0 atom stereocenters. The first-order valence-electron chi connectivity index (χ1n) is 10.6. The van der Waals surface area contributed by atoms with Gasteiger partial charge < -0.3 is 19.5 Å². The van der Waals surface area contributed by atoms with E-state index in [0.29, 0.717) is 33.3 Å². The number of hydrogen-bond acceptors (Lipinski definition) is 9. The van der Waals surface area contributed by atoms with Gasteiger partial charge in [0.2, 0.25) is 5.91 Å². The van der Waals surface area contributed by atoms with E-state index in [-0.39, 0.29) is 29.2 Å². The summed E-state index contributed by atoms with van der Waals surface area (Å²) < 4.78 is 17.0. The number of benzene rings is 2. The van der Waals surface area contributed by atoms with Crippen LogP contribution < -0.4 is 10.1 Å². The third kappa shape index (κ3) is 7.25. The summed E-state index contributed by atoms with van der Waals surface area (Å²) in [6.45, 7) is 4.19. The average Bonchev–Trinajstić information content (AvgIpc) is 3.27. The highest BCUT2D eigenvalue weighted by molar-refractivity contribution is 7.99. The first-order chi connectivity index (χ1) is 17.8. The van der Waals surface area contributed by atoms with Gasteiger partial charge in [-0.1, -0.05) is 41.0 Å².